The SMILES string of the molecule is CC(C)OC(=O)NCCc1cccnc1. The molecule has 4 heteroatoms. The number of nitrogens with one attached hydrogen (secondary N) is 1. The third-order valence-electron chi connectivity index (χ3n) is 1.75. The Hall–Kier alpha value is -1.58. The molecule has 0 saturated heterocycles. The van der Waals surface area contributed by atoms with Crippen molar-refractivity contribution in [1.82, 2.24) is 10.3 Å². The van der Waals surface area contributed by atoms with E-state index >= 15 is 0 Å². The van der Waals surface area contributed by atoms with Crippen molar-refractivity contribution in [3.63, 3.8) is 0 Å². The Bertz CT molecular complexity index is 299. The van der Waals surface area contributed by atoms with Crippen molar-refractivity contribution in [3.05, 3.63) is 30.1 Å². The minimum absolute atomic E-state index is 0.0802. The van der Waals surface area contributed by atoms with E-state index in [0.29, 0.717) is 6.54 Å². The summed E-state index contributed by atoms with van der Waals surface area (Å²) in [6.07, 6.45) is 3.83. The Morgan fingerprint density at radius 3 is 3.00 bits per heavy atom. The monoisotopic (exact) mass is 208 g/mol. The zero-order valence-corrected chi connectivity index (χ0v) is 9.06. The minimum Gasteiger partial charge on any atom is -0.447 e. The summed E-state index contributed by atoms with van der Waals surface area (Å²) >= 11 is 0. The fraction of sp³-hybridized carbons (Fsp3) is 0.455. The number of hydrogen-bond donors (Lipinski definition) is 1. The van der Waals surface area contributed by atoms with Gasteiger partial charge in [-0.3, -0.25) is 4.98 Å². The average Bonchev–Trinajstić information content (AvgIpc) is 2.18. The number of rotatable bonds is 4. The van der Waals surface area contributed by atoms with Crippen LogP contribution in [0, 0.1) is 0 Å². The van der Waals surface area contributed by atoms with E-state index in [-0.39, 0.29) is 12.2 Å². The molecule has 0 fully saturated rings. The first-order valence-corrected chi connectivity index (χ1v) is 5.02. The summed E-state index contributed by atoms with van der Waals surface area (Å²) in [7, 11) is 0. The highest BCUT2D eigenvalue weighted by atomic mass is 16.6. The van der Waals surface area contributed by atoms with Crippen LogP contribution in [0.4, 0.5) is 4.79 Å². The zero-order chi connectivity index (χ0) is 11.1. The van der Waals surface area contributed by atoms with Crippen LogP contribution < -0.4 is 5.32 Å². The van der Waals surface area contributed by atoms with Crippen LogP contribution >= 0.6 is 0 Å². The fourth-order valence-corrected chi connectivity index (χ4v) is 1.11. The van der Waals surface area contributed by atoms with Gasteiger partial charge in [-0.05, 0) is 31.9 Å². The number of nitrogens with zero attached hydrogens (tertiary/aromatic N) is 1. The van der Waals surface area contributed by atoms with E-state index in [1.54, 1.807) is 12.4 Å². The van der Waals surface area contributed by atoms with Gasteiger partial charge in [-0.25, -0.2) is 4.79 Å². The molecule has 15 heavy (non-hydrogen) atoms. The Morgan fingerprint density at radius 1 is 1.60 bits per heavy atom. The first-order valence-electron chi connectivity index (χ1n) is 5.02. The molecule has 0 aliphatic carbocycles. The molecule has 0 bridgehead atoms. The first-order chi connectivity index (χ1) is 7.18. The van der Waals surface area contributed by atoms with E-state index in [4.69, 9.17) is 4.74 Å². The van der Waals surface area contributed by atoms with Crippen LogP contribution in [-0.4, -0.2) is 23.7 Å². The van der Waals surface area contributed by atoms with Gasteiger partial charge in [0.1, 0.15) is 0 Å². The van der Waals surface area contributed by atoms with Crippen molar-refractivity contribution < 1.29 is 9.53 Å². The number of carbonyl (C=O) groups excluding carboxylic acids is 1. The maximum Gasteiger partial charge on any atom is 0.407 e. The maximum atomic E-state index is 11.1. The van der Waals surface area contributed by atoms with Gasteiger partial charge in [-0.1, -0.05) is 6.07 Å². The van der Waals surface area contributed by atoms with Crippen molar-refractivity contribution >= 4 is 6.09 Å². The molecule has 0 spiro atoms. The summed E-state index contributed by atoms with van der Waals surface area (Å²) in [5, 5.41) is 2.67. The zero-order valence-electron chi connectivity index (χ0n) is 9.06. The molecular formula is C11H16N2O2. The fourth-order valence-electron chi connectivity index (χ4n) is 1.11. The molecule has 1 heterocycles. The lowest BCUT2D eigenvalue weighted by molar-refractivity contribution is 0.116. The predicted molar refractivity (Wildman–Crippen MR) is 57.6 cm³/mol. The topological polar surface area (TPSA) is 51.2 Å². The Kier molecular flexibility index (Phi) is 4.60. The molecular weight excluding hydrogens is 192 g/mol. The summed E-state index contributed by atoms with van der Waals surface area (Å²) in [5.41, 5.74) is 1.10. The highest BCUT2D eigenvalue weighted by Gasteiger charge is 2.03. The molecule has 1 aromatic rings. The lowest BCUT2D eigenvalue weighted by Gasteiger charge is -2.09. The van der Waals surface area contributed by atoms with E-state index in [9.17, 15) is 4.79 Å². The van der Waals surface area contributed by atoms with Crippen molar-refractivity contribution in [2.75, 3.05) is 6.54 Å². The number of amides is 1. The number of ether oxygens (including phenoxy) is 1. The first kappa shape index (κ1) is 11.5. The Morgan fingerprint density at radius 2 is 2.40 bits per heavy atom. The highest BCUT2D eigenvalue weighted by Crippen LogP contribution is 1.95. The van der Waals surface area contributed by atoms with Gasteiger partial charge < -0.3 is 10.1 Å². The number of hydrogen-bond acceptors (Lipinski definition) is 3. The smallest absolute Gasteiger partial charge is 0.407 e. The molecule has 0 unspecified atom stereocenters. The van der Waals surface area contributed by atoms with Crippen molar-refractivity contribution in [2.24, 2.45) is 0 Å². The van der Waals surface area contributed by atoms with Crippen molar-refractivity contribution in [3.8, 4) is 0 Å². The normalized spacial score (nSPS) is 10.1. The van der Waals surface area contributed by atoms with Gasteiger partial charge in [0.15, 0.2) is 0 Å². The van der Waals surface area contributed by atoms with Gasteiger partial charge in [-0.15, -0.1) is 0 Å². The number of alkyl carbamates (subject to hydrolysis) is 1. The van der Waals surface area contributed by atoms with Crippen LogP contribution in [-0.2, 0) is 11.2 Å². The van der Waals surface area contributed by atoms with Gasteiger partial charge in [0.25, 0.3) is 0 Å². The third-order valence-corrected chi connectivity index (χ3v) is 1.75. The summed E-state index contributed by atoms with van der Waals surface area (Å²) < 4.78 is 4.92. The van der Waals surface area contributed by atoms with E-state index < -0.39 is 0 Å². The summed E-state index contributed by atoms with van der Waals surface area (Å²) in [6, 6.07) is 3.85. The van der Waals surface area contributed by atoms with Gasteiger partial charge in [0.2, 0.25) is 0 Å². The molecule has 0 aromatic carbocycles. The van der Waals surface area contributed by atoms with Crippen molar-refractivity contribution in [1.29, 1.82) is 0 Å². The molecule has 1 rings (SSSR count). The molecule has 1 amide bonds. The van der Waals surface area contributed by atoms with Gasteiger partial charge in [0.05, 0.1) is 6.10 Å². The predicted octanol–water partition coefficient (Wildman–Crippen LogP) is 1.76. The molecule has 0 saturated carbocycles. The van der Waals surface area contributed by atoms with E-state index in [1.807, 2.05) is 26.0 Å². The summed E-state index contributed by atoms with van der Waals surface area (Å²) in [4.78, 5) is 15.1. The standard InChI is InChI=1S/C11H16N2O2/c1-9(2)15-11(14)13-7-5-10-4-3-6-12-8-10/h3-4,6,8-9H,5,7H2,1-2H3,(H,13,14). The van der Waals surface area contributed by atoms with Gasteiger partial charge in [-0.2, -0.15) is 0 Å². The maximum absolute atomic E-state index is 11.1. The largest absolute Gasteiger partial charge is 0.447 e. The molecule has 1 aromatic heterocycles. The van der Waals surface area contributed by atoms with E-state index in [0.717, 1.165) is 12.0 Å². The molecule has 4 nitrogen and oxygen atoms in total. The van der Waals surface area contributed by atoms with Gasteiger partial charge >= 0.3 is 6.09 Å². The molecule has 0 radical (unpaired) electrons. The second-order valence-electron chi connectivity index (χ2n) is 3.49. The number of pyridine rings is 1. The van der Waals surface area contributed by atoms with Crippen molar-refractivity contribution in [2.45, 2.75) is 26.4 Å². The van der Waals surface area contributed by atoms with Crippen LogP contribution in [0.2, 0.25) is 0 Å². The Labute approximate surface area is 89.7 Å². The summed E-state index contributed by atoms with van der Waals surface area (Å²) in [5.74, 6) is 0. The molecule has 0 aliphatic rings. The number of aromatic nitrogens is 1. The van der Waals surface area contributed by atoms with E-state index in [2.05, 4.69) is 10.3 Å². The molecule has 0 aliphatic heterocycles. The van der Waals surface area contributed by atoms with E-state index in [1.165, 1.54) is 0 Å². The van der Waals surface area contributed by atoms with Gasteiger partial charge in [0, 0.05) is 18.9 Å². The van der Waals surface area contributed by atoms with Crippen LogP contribution in [0.3, 0.4) is 0 Å². The highest BCUT2D eigenvalue weighted by molar-refractivity contribution is 5.67. The molecule has 1 N–H and O–H groups in total. The third kappa shape index (κ3) is 5.00. The lowest BCUT2D eigenvalue weighted by Crippen LogP contribution is -2.28. The van der Waals surface area contributed by atoms with Crippen LogP contribution in [0.15, 0.2) is 24.5 Å². The Balaban J connectivity index is 2.19. The molecule has 82 valence electrons. The van der Waals surface area contributed by atoms with Crippen LogP contribution in [0.25, 0.3) is 0 Å². The number of carbonyl (C=O) groups is 1. The quantitative estimate of drug-likeness (QED) is 0.820. The molecule has 0 atom stereocenters. The minimum atomic E-state index is -0.367. The second-order valence-corrected chi connectivity index (χ2v) is 3.49. The summed E-state index contributed by atoms with van der Waals surface area (Å²) in [6.45, 7) is 4.21. The second kappa shape index (κ2) is 6.01. The average molecular weight is 208 g/mol. The van der Waals surface area contributed by atoms with Crippen LogP contribution in [0.1, 0.15) is 19.4 Å². The van der Waals surface area contributed by atoms with Crippen LogP contribution in [0.5, 0.6) is 0 Å². The lowest BCUT2D eigenvalue weighted by atomic mass is 10.2.